The molecule has 0 bridgehead atoms. The summed E-state index contributed by atoms with van der Waals surface area (Å²) in [4.78, 5) is 12.3. The Morgan fingerprint density at radius 3 is 2.71 bits per heavy atom. The van der Waals surface area contributed by atoms with E-state index in [0.717, 1.165) is 17.6 Å². The van der Waals surface area contributed by atoms with E-state index < -0.39 is 18.2 Å². The van der Waals surface area contributed by atoms with E-state index in [-0.39, 0.29) is 12.7 Å². The van der Waals surface area contributed by atoms with Gasteiger partial charge >= 0.3 is 5.97 Å². The normalized spacial score (nSPS) is 27.4. The van der Waals surface area contributed by atoms with Crippen LogP contribution in [0.2, 0.25) is 0 Å². The number of carbonyl (C=O) groups is 1. The van der Waals surface area contributed by atoms with Crippen molar-refractivity contribution in [3.63, 3.8) is 0 Å². The summed E-state index contributed by atoms with van der Waals surface area (Å²) in [6.45, 7) is 0.851. The van der Waals surface area contributed by atoms with Gasteiger partial charge in [0, 0.05) is 13.6 Å². The van der Waals surface area contributed by atoms with Crippen molar-refractivity contribution < 1.29 is 24.1 Å². The van der Waals surface area contributed by atoms with Crippen molar-refractivity contribution in [2.24, 2.45) is 5.92 Å². The van der Waals surface area contributed by atoms with Gasteiger partial charge in [-0.25, -0.2) is 9.21 Å². The average molecular weight is 352 g/mol. The minimum atomic E-state index is -0.724. The van der Waals surface area contributed by atoms with Gasteiger partial charge in [-0.2, -0.15) is 0 Å². The Labute approximate surface area is 144 Å². The van der Waals surface area contributed by atoms with Crippen molar-refractivity contribution in [3.05, 3.63) is 29.3 Å². The zero-order valence-corrected chi connectivity index (χ0v) is 14.0. The van der Waals surface area contributed by atoms with Gasteiger partial charge in [-0.1, -0.05) is 6.08 Å². The minimum absolute atomic E-state index is 0.142. The van der Waals surface area contributed by atoms with Gasteiger partial charge in [-0.05, 0) is 53.8 Å². The molecule has 1 aromatic rings. The molecule has 6 nitrogen and oxygen atoms in total. The number of fused-ring (bicyclic) bond motifs is 4. The quantitative estimate of drug-likeness (QED) is 0.665. The molecule has 0 saturated heterocycles. The highest BCUT2D eigenvalue weighted by molar-refractivity contribution is 6.13. The zero-order valence-electron chi connectivity index (χ0n) is 13.2. The monoisotopic (exact) mass is 351 g/mol. The van der Waals surface area contributed by atoms with Crippen molar-refractivity contribution in [2.75, 3.05) is 20.4 Å². The van der Waals surface area contributed by atoms with Crippen molar-refractivity contribution in [1.29, 1.82) is 0 Å². The Morgan fingerprint density at radius 2 is 2.00 bits per heavy atom. The van der Waals surface area contributed by atoms with Gasteiger partial charge < -0.3 is 19.3 Å². The van der Waals surface area contributed by atoms with Gasteiger partial charge in [0.1, 0.15) is 0 Å². The van der Waals surface area contributed by atoms with Crippen LogP contribution in [0.15, 0.2) is 18.2 Å². The van der Waals surface area contributed by atoms with Crippen LogP contribution in [-0.2, 0) is 4.74 Å². The van der Waals surface area contributed by atoms with Gasteiger partial charge in [-0.15, -0.1) is 0 Å². The summed E-state index contributed by atoms with van der Waals surface area (Å²) >= 11 is 5.89. The molecule has 2 aliphatic heterocycles. The minimum Gasteiger partial charge on any atom is -0.454 e. The molecule has 7 heteroatoms. The van der Waals surface area contributed by atoms with Gasteiger partial charge in [-0.3, -0.25) is 0 Å². The first-order valence-corrected chi connectivity index (χ1v) is 8.28. The van der Waals surface area contributed by atoms with Crippen LogP contribution < -0.4 is 9.47 Å². The number of aliphatic hydroxyl groups excluding tert-OH is 1. The van der Waals surface area contributed by atoms with Gasteiger partial charge in [0.05, 0.1) is 11.7 Å². The van der Waals surface area contributed by atoms with E-state index in [1.165, 1.54) is 0 Å². The molecule has 0 fully saturated rings. The van der Waals surface area contributed by atoms with Crippen LogP contribution >= 0.6 is 11.8 Å². The molecule has 3 aliphatic rings. The lowest BCUT2D eigenvalue weighted by Crippen LogP contribution is -2.40. The van der Waals surface area contributed by atoms with Crippen molar-refractivity contribution in [1.82, 2.24) is 4.42 Å². The lowest BCUT2D eigenvalue weighted by atomic mass is 9.79. The Kier molecular flexibility index (Phi) is 3.90. The van der Waals surface area contributed by atoms with Crippen LogP contribution in [0.25, 0.3) is 5.57 Å². The number of aliphatic hydroxyl groups is 1. The molecule has 24 heavy (non-hydrogen) atoms. The highest BCUT2D eigenvalue weighted by Gasteiger charge is 2.40. The number of carbonyl (C=O) groups excluding carboxylic acids is 1. The van der Waals surface area contributed by atoms with E-state index in [0.29, 0.717) is 30.0 Å². The summed E-state index contributed by atoms with van der Waals surface area (Å²) in [5, 5.41) is 10.5. The van der Waals surface area contributed by atoms with E-state index in [9.17, 15) is 9.90 Å². The molecule has 3 atom stereocenters. The van der Waals surface area contributed by atoms with E-state index >= 15 is 0 Å². The molecule has 2 heterocycles. The lowest BCUT2D eigenvalue weighted by molar-refractivity contribution is -0.00836. The fourth-order valence-corrected chi connectivity index (χ4v) is 3.61. The van der Waals surface area contributed by atoms with Gasteiger partial charge in [0.25, 0.3) is 0 Å². The number of halogens is 1. The van der Waals surface area contributed by atoms with Crippen molar-refractivity contribution >= 4 is 23.3 Å². The summed E-state index contributed by atoms with van der Waals surface area (Å²) in [7, 11) is 1.80. The van der Waals surface area contributed by atoms with Crippen LogP contribution in [0.4, 0.5) is 0 Å². The molecular weight excluding hydrogens is 334 g/mol. The summed E-state index contributed by atoms with van der Waals surface area (Å²) in [6.07, 6.45) is 2.10. The molecule has 0 amide bonds. The third-order valence-electron chi connectivity index (χ3n) is 4.70. The molecule has 1 N–H and O–H groups in total. The molecule has 0 radical (unpaired) electrons. The fraction of sp³-hybridized carbons (Fsp3) is 0.471. The lowest BCUT2D eigenvalue weighted by Gasteiger charge is -2.36. The van der Waals surface area contributed by atoms with E-state index in [1.807, 2.05) is 0 Å². The van der Waals surface area contributed by atoms with Crippen LogP contribution in [0.5, 0.6) is 11.5 Å². The first kappa shape index (κ1) is 15.7. The topological polar surface area (TPSA) is 68.2 Å². The highest BCUT2D eigenvalue weighted by atomic mass is 35.5. The maximum atomic E-state index is 12.3. The Hall–Kier alpha value is -1.76. The second-order valence-corrected chi connectivity index (χ2v) is 6.96. The third kappa shape index (κ3) is 2.64. The molecule has 1 aliphatic carbocycles. The maximum absolute atomic E-state index is 12.3. The van der Waals surface area contributed by atoms with Gasteiger partial charge in [0.15, 0.2) is 17.6 Å². The summed E-state index contributed by atoms with van der Waals surface area (Å²) in [6, 6.07) is 3.46. The van der Waals surface area contributed by atoms with Crippen LogP contribution in [0.1, 0.15) is 28.8 Å². The van der Waals surface area contributed by atoms with Crippen molar-refractivity contribution in [2.45, 2.75) is 25.0 Å². The maximum Gasteiger partial charge on any atom is 0.339 e. The number of hydrogen-bond acceptors (Lipinski definition) is 6. The predicted molar refractivity (Wildman–Crippen MR) is 87.0 cm³/mol. The summed E-state index contributed by atoms with van der Waals surface area (Å²) in [5.41, 5.74) is 2.04. The number of rotatable bonds is 3. The SMILES string of the molecule is CN(Cl)CC[C@@H]1C=C2c3cc4c(cc3C(=O)O[C@H]2[C@@H](O)C1)OCO4. The largest absolute Gasteiger partial charge is 0.454 e. The predicted octanol–water partition coefficient (Wildman–Crippen LogP) is 2.19. The number of nitrogens with zero attached hydrogens (tertiary/aromatic N) is 1. The molecule has 0 spiro atoms. The summed E-state index contributed by atoms with van der Waals surface area (Å²) in [5.74, 6) is 0.882. The second-order valence-electron chi connectivity index (χ2n) is 6.38. The standard InChI is InChI=1S/C17H18ClNO5/c1-19(18)3-2-9-4-11-10-6-14-15(23-8-22-14)7-12(10)17(21)24-16(11)13(20)5-9/h4,6-7,9,13,16,20H,2-3,5,8H2,1H3/t9-,13+,16-/m1/s1. The third-order valence-corrected chi connectivity index (χ3v) is 4.87. The molecule has 4 rings (SSSR count). The van der Waals surface area contributed by atoms with E-state index in [2.05, 4.69) is 6.08 Å². The second kappa shape index (κ2) is 5.95. The molecular formula is C17H18ClNO5. The first-order valence-electron chi connectivity index (χ1n) is 7.94. The number of hydrogen-bond donors (Lipinski definition) is 1. The number of esters is 1. The molecule has 1 aromatic carbocycles. The van der Waals surface area contributed by atoms with Crippen LogP contribution in [0.3, 0.4) is 0 Å². The summed E-state index contributed by atoms with van der Waals surface area (Å²) < 4.78 is 17.8. The first-order chi connectivity index (χ1) is 11.5. The Morgan fingerprint density at radius 1 is 1.29 bits per heavy atom. The number of benzene rings is 1. The number of allylic oxidation sites excluding steroid dienone is 1. The van der Waals surface area contributed by atoms with E-state index in [1.54, 1.807) is 23.6 Å². The molecule has 0 saturated carbocycles. The Balaban J connectivity index is 1.74. The average Bonchev–Trinajstić information content (AvgIpc) is 3.00. The zero-order chi connectivity index (χ0) is 16.8. The highest BCUT2D eigenvalue weighted by Crippen LogP contribution is 2.44. The van der Waals surface area contributed by atoms with Gasteiger partial charge in [0.2, 0.25) is 6.79 Å². The van der Waals surface area contributed by atoms with Crippen molar-refractivity contribution in [3.8, 4) is 11.5 Å². The fourth-order valence-electron chi connectivity index (χ4n) is 3.52. The van der Waals surface area contributed by atoms with Crippen LogP contribution in [-0.4, -0.2) is 48.1 Å². The molecule has 0 aromatic heterocycles. The molecule has 128 valence electrons. The Bertz CT molecular complexity index is 717. The molecule has 0 unspecified atom stereocenters. The van der Waals surface area contributed by atoms with Crippen LogP contribution in [0, 0.1) is 5.92 Å². The number of ether oxygens (including phenoxy) is 3. The smallest absolute Gasteiger partial charge is 0.339 e. The van der Waals surface area contributed by atoms with E-state index in [4.69, 9.17) is 26.0 Å².